The van der Waals surface area contributed by atoms with Crippen molar-refractivity contribution in [1.29, 1.82) is 0 Å². The van der Waals surface area contributed by atoms with Gasteiger partial charge in [-0.15, -0.1) is 0 Å². The second-order valence-corrected chi connectivity index (χ2v) is 8.90. The fourth-order valence-electron chi connectivity index (χ4n) is 3.16. The predicted molar refractivity (Wildman–Crippen MR) is 107 cm³/mol. The molecule has 2 heterocycles. The van der Waals surface area contributed by atoms with Crippen LogP contribution in [0.15, 0.2) is 29.5 Å². The van der Waals surface area contributed by atoms with Crippen LogP contribution in [0.25, 0.3) is 0 Å². The minimum atomic E-state index is -4.78. The zero-order valence-corrected chi connectivity index (χ0v) is 17.8. The molecule has 0 radical (unpaired) electrons. The molecule has 33 heavy (non-hydrogen) atoms. The van der Waals surface area contributed by atoms with E-state index in [0.29, 0.717) is 6.07 Å². The Morgan fingerprint density at radius 1 is 1.27 bits per heavy atom. The van der Waals surface area contributed by atoms with Crippen molar-refractivity contribution in [3.05, 3.63) is 47.4 Å². The Bertz CT molecular complexity index is 1230. The smallest absolute Gasteiger partial charge is 0.385 e. The van der Waals surface area contributed by atoms with Gasteiger partial charge in [0.15, 0.2) is 11.6 Å². The second-order valence-electron chi connectivity index (χ2n) is 7.08. The maximum Gasteiger partial charge on any atom is 0.385 e. The predicted octanol–water partition coefficient (Wildman–Crippen LogP) is -1.22. The van der Waals surface area contributed by atoms with Crippen LogP contribution in [0.3, 0.4) is 0 Å². The zero-order chi connectivity index (χ0) is 24.8. The number of nitrogens with two attached hydrogens (primary N) is 1. The van der Waals surface area contributed by atoms with Crippen LogP contribution in [-0.2, 0) is 15.6 Å². The van der Waals surface area contributed by atoms with E-state index in [-0.39, 0.29) is 21.6 Å². The summed E-state index contributed by atoms with van der Waals surface area (Å²) in [5.41, 5.74) is 2.31. The molecule has 6 N–H and O–H groups in total. The molecule has 178 valence electrons. The van der Waals surface area contributed by atoms with E-state index in [9.17, 15) is 37.3 Å². The van der Waals surface area contributed by atoms with Crippen molar-refractivity contribution in [2.24, 2.45) is 10.7 Å². The average Bonchev–Trinajstić information content (AvgIpc) is 2.67. The number of nitrogens with zero attached hydrogens (tertiary/aromatic N) is 4. The fraction of sp³-hybridized carbons (Fsp3) is 0.294. The summed E-state index contributed by atoms with van der Waals surface area (Å²) in [7, 11) is -3.44. The number of halogens is 2. The zero-order valence-electron chi connectivity index (χ0n) is 17.0. The van der Waals surface area contributed by atoms with Gasteiger partial charge in [0.1, 0.15) is 11.2 Å². The minimum Gasteiger partial charge on any atom is -0.480 e. The number of methoxy groups -OCH3 is 1. The number of sulfonamides is 1. The number of aliphatic hydroxyl groups is 3. The van der Waals surface area contributed by atoms with E-state index in [1.165, 1.54) is 7.11 Å². The first-order valence-electron chi connectivity index (χ1n) is 8.90. The molecule has 2 aromatic rings. The largest absolute Gasteiger partial charge is 0.480 e. The van der Waals surface area contributed by atoms with Gasteiger partial charge in [0.25, 0.3) is 5.91 Å². The number of amides is 1. The molecule has 1 aliphatic rings. The first-order chi connectivity index (χ1) is 15.2. The van der Waals surface area contributed by atoms with E-state index in [1.807, 2.05) is 0 Å². The Morgan fingerprint density at radius 2 is 1.94 bits per heavy atom. The van der Waals surface area contributed by atoms with Crippen LogP contribution < -0.4 is 15.8 Å². The van der Waals surface area contributed by atoms with Gasteiger partial charge in [-0.05, 0) is 13.0 Å². The lowest BCUT2D eigenvalue weighted by atomic mass is 9.93. The number of hydrogen-bond acceptors (Lipinski definition) is 11. The van der Waals surface area contributed by atoms with E-state index in [0.717, 1.165) is 25.4 Å². The summed E-state index contributed by atoms with van der Waals surface area (Å²) >= 11 is 0. The Hall–Kier alpha value is -3.47. The van der Waals surface area contributed by atoms with Crippen LogP contribution >= 0.6 is 0 Å². The van der Waals surface area contributed by atoms with Crippen LogP contribution in [0.1, 0.15) is 23.0 Å². The molecule has 0 fully saturated rings. The molecule has 0 saturated carbocycles. The summed E-state index contributed by atoms with van der Waals surface area (Å²) in [6.45, 7) is 1.08. The molecule has 1 aliphatic heterocycles. The second kappa shape index (κ2) is 8.14. The number of carbonyl (C=O) groups excluding carboxylic acids is 1. The molecule has 1 atom stereocenters. The van der Waals surface area contributed by atoms with Gasteiger partial charge in [-0.1, -0.05) is 0 Å². The lowest BCUT2D eigenvalue weighted by molar-refractivity contribution is -0.355. The van der Waals surface area contributed by atoms with Gasteiger partial charge < -0.3 is 31.1 Å². The van der Waals surface area contributed by atoms with Crippen LogP contribution in [0.2, 0.25) is 0 Å². The molecule has 1 aromatic carbocycles. The molecule has 0 unspecified atom stereocenters. The lowest BCUT2D eigenvalue weighted by Gasteiger charge is -2.38. The minimum absolute atomic E-state index is 0.134. The highest BCUT2D eigenvalue weighted by atomic mass is 32.2. The van der Waals surface area contributed by atoms with Crippen LogP contribution in [0.4, 0.5) is 14.5 Å². The summed E-state index contributed by atoms with van der Waals surface area (Å²) in [5.74, 6) is -5.87. The summed E-state index contributed by atoms with van der Waals surface area (Å²) in [6, 6.07) is 1.58. The van der Waals surface area contributed by atoms with Gasteiger partial charge in [-0.3, -0.25) is 4.79 Å². The molecular weight excluding hydrogens is 470 g/mol. The van der Waals surface area contributed by atoms with E-state index < -0.39 is 56.5 Å². The maximum absolute atomic E-state index is 14.7. The number of anilines is 1. The van der Waals surface area contributed by atoms with Crippen LogP contribution in [0.5, 0.6) is 5.88 Å². The summed E-state index contributed by atoms with van der Waals surface area (Å²) in [5, 5.41) is 30.1. The van der Waals surface area contributed by atoms with Crippen molar-refractivity contribution in [3.63, 3.8) is 0 Å². The summed E-state index contributed by atoms with van der Waals surface area (Å²) < 4.78 is 58.5. The van der Waals surface area contributed by atoms with Crippen molar-refractivity contribution >= 4 is 27.6 Å². The third-order valence-corrected chi connectivity index (χ3v) is 6.44. The number of hydrogen-bond donors (Lipinski definition) is 5. The van der Waals surface area contributed by atoms with Crippen molar-refractivity contribution in [2.45, 2.75) is 18.6 Å². The number of ether oxygens (including phenoxy) is 1. The average molecular weight is 488 g/mol. The van der Waals surface area contributed by atoms with Gasteiger partial charge >= 0.3 is 6.10 Å². The molecule has 0 spiro atoms. The fourth-order valence-corrected chi connectivity index (χ4v) is 4.92. The molecule has 0 aliphatic carbocycles. The molecule has 16 heteroatoms. The normalized spacial score (nSPS) is 20.2. The Kier molecular flexibility index (Phi) is 5.97. The van der Waals surface area contributed by atoms with E-state index in [4.69, 9.17) is 10.5 Å². The Balaban J connectivity index is 2.02. The number of rotatable bonds is 5. The summed E-state index contributed by atoms with van der Waals surface area (Å²) in [4.78, 5) is 23.7. The molecule has 1 aromatic heterocycles. The number of aliphatic imine (C=N–C) groups is 1. The molecular formula is C17H18F2N6O7S. The van der Waals surface area contributed by atoms with Crippen LogP contribution in [0, 0.1) is 11.6 Å². The topological polar surface area (TPSA) is 201 Å². The van der Waals surface area contributed by atoms with Crippen molar-refractivity contribution in [3.8, 4) is 5.88 Å². The molecule has 1 amide bonds. The molecule has 0 saturated heterocycles. The third kappa shape index (κ3) is 4.68. The standard InChI is InChI=1S/C17H18F2N6O7S/c1-16(7-33(30,31)25(15(20)24-16)17(27,28)29)9-3-8(4-10(18)13(9)19)23-14(26)11-5-22-12(32-2)6-21-11/h3-6,27-29H,7H2,1-2H3,(H2,20,24)(H,23,26)/t16-/m0/s1. The third-order valence-electron chi connectivity index (χ3n) is 4.52. The van der Waals surface area contributed by atoms with Gasteiger partial charge in [-0.25, -0.2) is 32.2 Å². The van der Waals surface area contributed by atoms with Crippen molar-refractivity contribution < 1.29 is 42.0 Å². The maximum atomic E-state index is 14.7. The quantitative estimate of drug-likeness (QED) is 0.318. The van der Waals surface area contributed by atoms with Crippen molar-refractivity contribution in [1.82, 2.24) is 14.3 Å². The highest BCUT2D eigenvalue weighted by molar-refractivity contribution is 7.89. The Morgan fingerprint density at radius 3 is 2.45 bits per heavy atom. The Labute approximate surface area is 185 Å². The molecule has 3 rings (SSSR count). The van der Waals surface area contributed by atoms with Crippen molar-refractivity contribution in [2.75, 3.05) is 18.2 Å². The number of guanidine groups is 1. The van der Waals surface area contributed by atoms with E-state index in [2.05, 4.69) is 20.3 Å². The van der Waals surface area contributed by atoms with Gasteiger partial charge in [0, 0.05) is 17.3 Å². The number of nitrogens with one attached hydrogen (secondary N) is 1. The number of aromatic nitrogens is 2. The first kappa shape index (κ1) is 24.2. The van der Waals surface area contributed by atoms with Gasteiger partial charge in [0.05, 0.1) is 25.3 Å². The van der Waals surface area contributed by atoms with Gasteiger partial charge in [0.2, 0.25) is 21.9 Å². The number of carbonyl (C=O) groups is 1. The highest BCUT2D eigenvalue weighted by Gasteiger charge is 2.50. The van der Waals surface area contributed by atoms with Gasteiger partial charge in [-0.2, -0.15) is 4.31 Å². The van der Waals surface area contributed by atoms with E-state index >= 15 is 0 Å². The highest BCUT2D eigenvalue weighted by Crippen LogP contribution is 2.37. The van der Waals surface area contributed by atoms with E-state index in [1.54, 1.807) is 0 Å². The molecule has 0 bridgehead atoms. The van der Waals surface area contributed by atoms with Crippen LogP contribution in [-0.4, -0.2) is 68.8 Å². The summed E-state index contributed by atoms with van der Waals surface area (Å²) in [6.07, 6.45) is -1.67. The number of benzene rings is 1. The SMILES string of the molecule is COc1cnc(C(=O)Nc2cc(F)c(F)c([C@]3(C)CS(=O)(=O)N(C(O)(O)O)C(N)=N3)c2)cn1. The first-order valence-corrected chi connectivity index (χ1v) is 10.5. The monoisotopic (exact) mass is 488 g/mol. The molecule has 13 nitrogen and oxygen atoms in total. The lowest BCUT2D eigenvalue weighted by Crippen LogP contribution is -2.62.